The molecule has 1 aliphatic rings. The Morgan fingerprint density at radius 3 is 2.62 bits per heavy atom. The third-order valence-corrected chi connectivity index (χ3v) is 5.03. The largest absolute Gasteiger partial charge is 0.446 e. The molecule has 0 spiro atoms. The van der Waals surface area contributed by atoms with Crippen molar-refractivity contribution in [1.29, 1.82) is 0 Å². The van der Waals surface area contributed by atoms with E-state index in [1.165, 1.54) is 42.5 Å². The highest BCUT2D eigenvalue weighted by Gasteiger charge is 2.35. The Balaban J connectivity index is 1.59. The molecule has 12 heteroatoms. The Kier molecular flexibility index (Phi) is 6.77. The van der Waals surface area contributed by atoms with Crippen molar-refractivity contribution in [3.8, 4) is 11.5 Å². The second-order valence-corrected chi connectivity index (χ2v) is 7.27. The van der Waals surface area contributed by atoms with Crippen molar-refractivity contribution in [2.24, 2.45) is 0 Å². The Labute approximate surface area is 191 Å². The number of ether oxygens (including phenoxy) is 2. The molecule has 0 saturated carbocycles. The van der Waals surface area contributed by atoms with Gasteiger partial charge in [-0.1, -0.05) is 18.2 Å². The first-order valence-corrected chi connectivity index (χ1v) is 10.1. The summed E-state index contributed by atoms with van der Waals surface area (Å²) >= 11 is 0. The van der Waals surface area contributed by atoms with Crippen LogP contribution in [0.5, 0.6) is 0 Å². The summed E-state index contributed by atoms with van der Waals surface area (Å²) < 4.78 is 53.9. The minimum Gasteiger partial charge on any atom is -0.446 e. The van der Waals surface area contributed by atoms with Gasteiger partial charge in [-0.25, -0.2) is 19.2 Å². The van der Waals surface area contributed by atoms with E-state index in [1.807, 2.05) is 0 Å². The van der Waals surface area contributed by atoms with Gasteiger partial charge in [0.05, 0.1) is 19.7 Å². The van der Waals surface area contributed by atoms with E-state index in [1.54, 1.807) is 12.1 Å². The highest BCUT2D eigenvalue weighted by Crippen LogP contribution is 2.31. The molecule has 34 heavy (non-hydrogen) atoms. The molecule has 0 radical (unpaired) electrons. The number of fused-ring (bicyclic) bond motifs is 1. The summed E-state index contributed by atoms with van der Waals surface area (Å²) in [5, 5.41) is 9.21. The summed E-state index contributed by atoms with van der Waals surface area (Å²) in [5.74, 6) is -1.94. The zero-order valence-corrected chi connectivity index (χ0v) is 17.9. The number of alkyl halides is 2. The van der Waals surface area contributed by atoms with Crippen LogP contribution in [0.2, 0.25) is 0 Å². The number of amides is 2. The minimum absolute atomic E-state index is 0.0298. The Hall–Kier alpha value is -3.93. The van der Waals surface area contributed by atoms with Crippen LogP contribution in [0, 0.1) is 5.82 Å². The van der Waals surface area contributed by atoms with Crippen LogP contribution >= 0.6 is 0 Å². The van der Waals surface area contributed by atoms with Crippen molar-refractivity contribution >= 4 is 12.0 Å². The second kappa shape index (κ2) is 9.91. The van der Waals surface area contributed by atoms with Gasteiger partial charge in [0, 0.05) is 18.2 Å². The topological polar surface area (TPSA) is 98.0 Å². The number of hydrogen-bond donors (Lipinski definition) is 0. The van der Waals surface area contributed by atoms with Crippen LogP contribution < -0.4 is 0 Å². The fraction of sp³-hybridized carbons (Fsp3) is 0.273. The Morgan fingerprint density at radius 1 is 1.18 bits per heavy atom. The molecule has 0 atom stereocenters. The maximum Gasteiger partial charge on any atom is 0.429 e. The number of hydrazine groups is 1. The van der Waals surface area contributed by atoms with E-state index in [-0.39, 0.29) is 43.3 Å². The van der Waals surface area contributed by atoms with E-state index in [0.717, 1.165) is 5.01 Å². The fourth-order valence-electron chi connectivity index (χ4n) is 3.35. The zero-order valence-electron chi connectivity index (χ0n) is 17.9. The van der Waals surface area contributed by atoms with Crippen molar-refractivity contribution in [2.45, 2.75) is 19.5 Å². The van der Waals surface area contributed by atoms with Crippen LogP contribution in [-0.2, 0) is 22.6 Å². The molecule has 0 unspecified atom stereocenters. The lowest BCUT2D eigenvalue weighted by Crippen LogP contribution is -2.46. The highest BCUT2D eigenvalue weighted by atomic mass is 19.3. The van der Waals surface area contributed by atoms with Gasteiger partial charge < -0.3 is 13.9 Å². The predicted molar refractivity (Wildman–Crippen MR) is 110 cm³/mol. The normalized spacial score (nSPS) is 12.9. The van der Waals surface area contributed by atoms with Gasteiger partial charge in [-0.15, -0.1) is 10.2 Å². The fourth-order valence-corrected chi connectivity index (χ4v) is 3.35. The summed E-state index contributed by atoms with van der Waals surface area (Å²) in [6.45, 7) is 0.137. The number of methoxy groups -OCH3 is 1. The van der Waals surface area contributed by atoms with Gasteiger partial charge in [0.25, 0.3) is 11.8 Å². The predicted octanol–water partition coefficient (Wildman–Crippen LogP) is 3.97. The van der Waals surface area contributed by atoms with Crippen LogP contribution in [-0.4, -0.2) is 52.5 Å². The molecular formula is C22H19F3N4O5. The Bertz CT molecular complexity index is 1190. The second-order valence-electron chi connectivity index (χ2n) is 7.27. The molecule has 1 aliphatic heterocycles. The molecular weight excluding hydrogens is 457 g/mol. The highest BCUT2D eigenvalue weighted by molar-refractivity contribution is 5.99. The molecule has 4 rings (SSSR count). The molecule has 0 fully saturated rings. The lowest BCUT2D eigenvalue weighted by atomic mass is 10.1. The molecule has 2 amide bonds. The smallest absolute Gasteiger partial charge is 0.429 e. The molecule has 178 valence electrons. The van der Waals surface area contributed by atoms with Crippen molar-refractivity contribution in [3.05, 3.63) is 70.9 Å². The molecule has 2 heterocycles. The average Bonchev–Trinajstić information content (AvgIpc) is 3.44. The lowest BCUT2D eigenvalue weighted by Gasteiger charge is -2.30. The molecule has 0 aliphatic carbocycles. The quantitative estimate of drug-likeness (QED) is 0.454. The van der Waals surface area contributed by atoms with Crippen molar-refractivity contribution in [2.75, 3.05) is 20.3 Å². The first-order chi connectivity index (χ1) is 16.4. The SMILES string of the molecule is COCCOC(=O)N(Cc1ccc(F)cc1)N1Cc2ccc(-c3nnc(C(F)F)o3)cc2C1=O. The minimum atomic E-state index is -2.92. The summed E-state index contributed by atoms with van der Waals surface area (Å²) in [4.78, 5) is 26.0. The number of carbonyl (C=O) groups is 2. The van der Waals surface area contributed by atoms with Crippen molar-refractivity contribution in [1.82, 2.24) is 20.2 Å². The van der Waals surface area contributed by atoms with Gasteiger partial charge in [0.2, 0.25) is 5.89 Å². The van der Waals surface area contributed by atoms with Crippen LogP contribution in [0.15, 0.2) is 46.9 Å². The monoisotopic (exact) mass is 476 g/mol. The molecule has 0 N–H and O–H groups in total. The number of hydrogen-bond acceptors (Lipinski definition) is 7. The first-order valence-electron chi connectivity index (χ1n) is 10.1. The van der Waals surface area contributed by atoms with Gasteiger partial charge in [0.15, 0.2) is 0 Å². The van der Waals surface area contributed by atoms with Crippen molar-refractivity contribution < 1.29 is 36.7 Å². The summed E-state index contributed by atoms with van der Waals surface area (Å²) in [6, 6.07) is 10.1. The number of benzene rings is 2. The maximum atomic E-state index is 13.3. The van der Waals surface area contributed by atoms with Gasteiger partial charge in [-0.05, 0) is 35.4 Å². The van der Waals surface area contributed by atoms with E-state index in [2.05, 4.69) is 10.2 Å². The Morgan fingerprint density at radius 2 is 1.94 bits per heavy atom. The maximum absolute atomic E-state index is 13.3. The average molecular weight is 476 g/mol. The number of aromatic nitrogens is 2. The third kappa shape index (κ3) is 4.86. The molecule has 1 aromatic heterocycles. The summed E-state index contributed by atoms with van der Waals surface area (Å²) in [7, 11) is 1.45. The van der Waals surface area contributed by atoms with Gasteiger partial charge in [0.1, 0.15) is 12.4 Å². The molecule has 3 aromatic rings. The third-order valence-electron chi connectivity index (χ3n) is 5.03. The van der Waals surface area contributed by atoms with E-state index >= 15 is 0 Å². The molecule has 9 nitrogen and oxygen atoms in total. The number of halogens is 3. The molecule has 2 aromatic carbocycles. The van der Waals surface area contributed by atoms with E-state index in [4.69, 9.17) is 13.9 Å². The van der Waals surface area contributed by atoms with E-state index in [0.29, 0.717) is 11.1 Å². The van der Waals surface area contributed by atoms with Gasteiger partial charge >= 0.3 is 12.5 Å². The first kappa shape index (κ1) is 23.2. The number of nitrogens with zero attached hydrogens (tertiary/aromatic N) is 4. The van der Waals surface area contributed by atoms with Crippen LogP contribution in [0.3, 0.4) is 0 Å². The van der Waals surface area contributed by atoms with E-state index < -0.39 is 30.1 Å². The molecule has 0 bridgehead atoms. The number of carbonyl (C=O) groups excluding carboxylic acids is 2. The lowest BCUT2D eigenvalue weighted by molar-refractivity contribution is -0.0206. The zero-order chi connectivity index (χ0) is 24.2. The van der Waals surface area contributed by atoms with Crippen LogP contribution in [0.25, 0.3) is 11.5 Å². The van der Waals surface area contributed by atoms with Gasteiger partial charge in [-0.2, -0.15) is 8.78 Å². The molecule has 0 saturated heterocycles. The van der Waals surface area contributed by atoms with Crippen LogP contribution in [0.4, 0.5) is 18.0 Å². The van der Waals surface area contributed by atoms with Gasteiger partial charge in [-0.3, -0.25) is 4.79 Å². The standard InChI is InChI=1S/C22H19F3N4O5/c1-32-8-9-33-22(31)29(11-13-2-6-16(23)7-3-13)28-12-15-5-4-14(10-17(15)21(28)30)19-26-27-20(34-19)18(24)25/h2-7,10,18H,8-9,11-12H2,1H3. The number of rotatable bonds is 8. The summed E-state index contributed by atoms with van der Waals surface area (Å²) in [6.07, 6.45) is -3.71. The van der Waals surface area contributed by atoms with E-state index in [9.17, 15) is 22.8 Å². The summed E-state index contributed by atoms with van der Waals surface area (Å²) in [5.41, 5.74) is 1.68. The van der Waals surface area contributed by atoms with Crippen molar-refractivity contribution in [3.63, 3.8) is 0 Å². The van der Waals surface area contributed by atoms with Crippen LogP contribution in [0.1, 0.15) is 33.8 Å².